The molecule has 4 heteroatoms. The van der Waals surface area contributed by atoms with E-state index in [1.54, 1.807) is 6.92 Å². The number of hydrogen-bond acceptors (Lipinski definition) is 4. The van der Waals surface area contributed by atoms with Crippen LogP contribution in [0.4, 0.5) is 0 Å². The zero-order valence-electron chi connectivity index (χ0n) is 8.20. The number of rotatable bonds is 4. The number of ketones is 1. The molecule has 1 rings (SSSR count). The molecule has 0 unspecified atom stereocenters. The minimum absolute atomic E-state index is 0.152. The van der Waals surface area contributed by atoms with Gasteiger partial charge in [-0.2, -0.15) is 4.98 Å². The van der Waals surface area contributed by atoms with Gasteiger partial charge in [-0.15, -0.1) is 0 Å². The first-order valence-electron chi connectivity index (χ1n) is 4.39. The lowest BCUT2D eigenvalue weighted by Crippen LogP contribution is -2.06. The summed E-state index contributed by atoms with van der Waals surface area (Å²) in [5.74, 6) is 1.53. The fourth-order valence-corrected chi connectivity index (χ4v) is 1.11. The Morgan fingerprint density at radius 2 is 2.23 bits per heavy atom. The quantitative estimate of drug-likeness (QED) is 0.708. The second-order valence-electron chi connectivity index (χ2n) is 3.55. The summed E-state index contributed by atoms with van der Waals surface area (Å²) in [6.45, 7) is 5.76. The van der Waals surface area contributed by atoms with Crippen LogP contribution < -0.4 is 0 Å². The zero-order valence-corrected chi connectivity index (χ0v) is 8.20. The fraction of sp³-hybridized carbons (Fsp3) is 0.667. The predicted molar refractivity (Wildman–Crippen MR) is 47.2 cm³/mol. The first-order chi connectivity index (χ1) is 6.08. The Bertz CT molecular complexity index is 292. The number of Topliss-reactive ketones (excluding diaryl/α,β-unsaturated/α-hetero) is 1. The summed E-state index contributed by atoms with van der Waals surface area (Å²) < 4.78 is 4.83. The average molecular weight is 182 g/mol. The van der Waals surface area contributed by atoms with Gasteiger partial charge in [0.2, 0.25) is 5.89 Å². The van der Waals surface area contributed by atoms with Gasteiger partial charge in [-0.3, -0.25) is 4.79 Å². The molecule has 1 aromatic rings. The van der Waals surface area contributed by atoms with Crippen molar-refractivity contribution in [3.63, 3.8) is 0 Å². The molecule has 72 valence electrons. The number of carbonyl (C=O) groups excluding carboxylic acids is 1. The van der Waals surface area contributed by atoms with Crippen LogP contribution in [0.25, 0.3) is 0 Å². The van der Waals surface area contributed by atoms with Crippen LogP contribution in [0.15, 0.2) is 4.52 Å². The number of carbonyl (C=O) groups is 1. The van der Waals surface area contributed by atoms with E-state index in [1.165, 1.54) is 0 Å². The van der Waals surface area contributed by atoms with Gasteiger partial charge in [0.05, 0.1) is 6.42 Å². The Balaban J connectivity index is 2.45. The van der Waals surface area contributed by atoms with Crippen LogP contribution in [0.1, 0.15) is 32.0 Å². The number of aryl methyl sites for hydroxylation is 1. The van der Waals surface area contributed by atoms with Crippen molar-refractivity contribution in [3.8, 4) is 0 Å². The Kier molecular flexibility index (Phi) is 3.17. The largest absolute Gasteiger partial charge is 0.339 e. The molecular formula is C9H14N2O2. The summed E-state index contributed by atoms with van der Waals surface area (Å²) in [6.07, 6.45) is 0.834. The molecule has 0 aliphatic rings. The molecule has 0 amide bonds. The van der Waals surface area contributed by atoms with E-state index >= 15 is 0 Å². The summed E-state index contributed by atoms with van der Waals surface area (Å²) in [6, 6.07) is 0. The van der Waals surface area contributed by atoms with Crippen molar-refractivity contribution in [2.45, 2.75) is 33.6 Å². The fourth-order valence-electron chi connectivity index (χ4n) is 1.11. The van der Waals surface area contributed by atoms with E-state index in [4.69, 9.17) is 4.52 Å². The lowest BCUT2D eigenvalue weighted by molar-refractivity contribution is -0.119. The van der Waals surface area contributed by atoms with Gasteiger partial charge in [0.25, 0.3) is 0 Å². The predicted octanol–water partition coefficient (Wildman–Crippen LogP) is 1.54. The molecule has 0 atom stereocenters. The lowest BCUT2D eigenvalue weighted by Gasteiger charge is -1.99. The summed E-state index contributed by atoms with van der Waals surface area (Å²) in [5, 5.41) is 3.61. The molecule has 0 fully saturated rings. The molecule has 1 aromatic heterocycles. The highest BCUT2D eigenvalue weighted by Crippen LogP contribution is 2.05. The second kappa shape index (κ2) is 4.16. The third kappa shape index (κ3) is 3.36. The van der Waals surface area contributed by atoms with Crippen molar-refractivity contribution in [1.29, 1.82) is 0 Å². The van der Waals surface area contributed by atoms with Gasteiger partial charge in [-0.25, -0.2) is 0 Å². The minimum atomic E-state index is 0.152. The van der Waals surface area contributed by atoms with Crippen LogP contribution in [-0.2, 0) is 11.2 Å². The van der Waals surface area contributed by atoms with Crippen molar-refractivity contribution >= 4 is 5.78 Å². The zero-order chi connectivity index (χ0) is 9.84. The van der Waals surface area contributed by atoms with E-state index in [-0.39, 0.29) is 12.2 Å². The van der Waals surface area contributed by atoms with Crippen molar-refractivity contribution in [3.05, 3.63) is 11.7 Å². The first kappa shape index (κ1) is 9.89. The number of aromatic nitrogens is 2. The minimum Gasteiger partial charge on any atom is -0.339 e. The molecule has 0 aliphatic heterocycles. The molecular weight excluding hydrogens is 168 g/mol. The maximum atomic E-state index is 11.3. The first-order valence-corrected chi connectivity index (χ1v) is 4.39. The Morgan fingerprint density at radius 1 is 1.54 bits per heavy atom. The van der Waals surface area contributed by atoms with Crippen molar-refractivity contribution in [2.75, 3.05) is 0 Å². The maximum absolute atomic E-state index is 11.3. The Labute approximate surface area is 77.3 Å². The monoisotopic (exact) mass is 182 g/mol. The van der Waals surface area contributed by atoms with Gasteiger partial charge in [0, 0.05) is 6.42 Å². The van der Waals surface area contributed by atoms with Crippen LogP contribution in [0.3, 0.4) is 0 Å². The topological polar surface area (TPSA) is 56.0 Å². The molecule has 0 spiro atoms. The highest BCUT2D eigenvalue weighted by molar-refractivity contribution is 5.80. The van der Waals surface area contributed by atoms with Gasteiger partial charge < -0.3 is 4.52 Å². The van der Waals surface area contributed by atoms with E-state index in [0.717, 1.165) is 0 Å². The second-order valence-corrected chi connectivity index (χ2v) is 3.55. The number of nitrogens with zero attached hydrogens (tertiary/aromatic N) is 2. The lowest BCUT2D eigenvalue weighted by atomic mass is 10.1. The molecule has 0 radical (unpaired) electrons. The van der Waals surface area contributed by atoms with Crippen LogP contribution in [0, 0.1) is 12.8 Å². The SMILES string of the molecule is Cc1noc(CC(=O)CC(C)C)n1. The van der Waals surface area contributed by atoms with Crippen molar-refractivity contribution in [2.24, 2.45) is 5.92 Å². The van der Waals surface area contributed by atoms with Crippen molar-refractivity contribution in [1.82, 2.24) is 10.1 Å². The highest BCUT2D eigenvalue weighted by Gasteiger charge is 2.10. The smallest absolute Gasteiger partial charge is 0.234 e. The van der Waals surface area contributed by atoms with E-state index in [2.05, 4.69) is 10.1 Å². The average Bonchev–Trinajstić information content (AvgIpc) is 2.33. The summed E-state index contributed by atoms with van der Waals surface area (Å²) in [4.78, 5) is 15.3. The Hall–Kier alpha value is -1.19. The molecule has 0 N–H and O–H groups in total. The van der Waals surface area contributed by atoms with Gasteiger partial charge in [-0.1, -0.05) is 19.0 Å². The standard InChI is InChI=1S/C9H14N2O2/c1-6(2)4-8(12)5-9-10-7(3)11-13-9/h6H,4-5H2,1-3H3. The molecule has 0 saturated carbocycles. The molecule has 13 heavy (non-hydrogen) atoms. The molecule has 0 aromatic carbocycles. The van der Waals surface area contributed by atoms with Gasteiger partial charge in [0.1, 0.15) is 5.78 Å². The number of hydrogen-bond donors (Lipinski definition) is 0. The summed E-state index contributed by atoms with van der Waals surface area (Å²) in [7, 11) is 0. The third-order valence-corrected chi connectivity index (χ3v) is 1.55. The molecule has 0 bridgehead atoms. The Morgan fingerprint density at radius 3 is 2.69 bits per heavy atom. The normalized spacial score (nSPS) is 10.8. The van der Waals surface area contributed by atoms with E-state index < -0.39 is 0 Å². The third-order valence-electron chi connectivity index (χ3n) is 1.55. The van der Waals surface area contributed by atoms with Crippen LogP contribution in [0.5, 0.6) is 0 Å². The van der Waals surface area contributed by atoms with Gasteiger partial charge in [0.15, 0.2) is 5.82 Å². The molecule has 0 saturated heterocycles. The molecule has 0 aliphatic carbocycles. The van der Waals surface area contributed by atoms with Gasteiger partial charge >= 0.3 is 0 Å². The molecule has 1 heterocycles. The maximum Gasteiger partial charge on any atom is 0.234 e. The van der Waals surface area contributed by atoms with Crippen LogP contribution in [0.2, 0.25) is 0 Å². The van der Waals surface area contributed by atoms with E-state index in [9.17, 15) is 4.79 Å². The van der Waals surface area contributed by atoms with E-state index in [0.29, 0.717) is 24.1 Å². The van der Waals surface area contributed by atoms with Crippen LogP contribution >= 0.6 is 0 Å². The summed E-state index contributed by atoms with van der Waals surface area (Å²) in [5.41, 5.74) is 0. The van der Waals surface area contributed by atoms with E-state index in [1.807, 2.05) is 13.8 Å². The van der Waals surface area contributed by atoms with Crippen molar-refractivity contribution < 1.29 is 9.32 Å². The van der Waals surface area contributed by atoms with Gasteiger partial charge in [-0.05, 0) is 12.8 Å². The summed E-state index contributed by atoms with van der Waals surface area (Å²) >= 11 is 0. The van der Waals surface area contributed by atoms with Crippen LogP contribution in [-0.4, -0.2) is 15.9 Å². The molecule has 4 nitrogen and oxygen atoms in total. The highest BCUT2D eigenvalue weighted by atomic mass is 16.5.